The summed E-state index contributed by atoms with van der Waals surface area (Å²) in [6.45, 7) is 3.90. The van der Waals surface area contributed by atoms with Gasteiger partial charge in [-0.3, -0.25) is 0 Å². The van der Waals surface area contributed by atoms with Crippen molar-refractivity contribution in [3.05, 3.63) is 29.4 Å². The molecule has 4 heteroatoms. The molecule has 2 rings (SSSR count). The van der Waals surface area contributed by atoms with Crippen LogP contribution < -0.4 is 9.47 Å². The summed E-state index contributed by atoms with van der Waals surface area (Å²) in [5.41, 5.74) is 0. The normalized spacial score (nSPS) is 10.9. The molecule has 0 unspecified atom stereocenters. The van der Waals surface area contributed by atoms with Crippen molar-refractivity contribution < 1.29 is 9.47 Å². The van der Waals surface area contributed by atoms with Gasteiger partial charge in [-0.2, -0.15) is 0 Å². The van der Waals surface area contributed by atoms with Gasteiger partial charge in [0.25, 0.3) is 0 Å². The Balaban J connectivity index is 2.53. The van der Waals surface area contributed by atoms with Crippen molar-refractivity contribution in [3.8, 4) is 11.6 Å². The first kappa shape index (κ1) is 12.0. The predicted octanol–water partition coefficient (Wildman–Crippen LogP) is 3.68. The van der Waals surface area contributed by atoms with Gasteiger partial charge in [0, 0.05) is 11.5 Å². The Labute approximate surface area is 105 Å². The smallest absolute Gasteiger partial charge is 0.215 e. The maximum absolute atomic E-state index is 6.11. The van der Waals surface area contributed by atoms with Crippen molar-refractivity contribution in [1.82, 2.24) is 4.98 Å². The van der Waals surface area contributed by atoms with Crippen LogP contribution >= 0.6 is 11.6 Å². The van der Waals surface area contributed by atoms with Gasteiger partial charge in [-0.05, 0) is 37.4 Å². The first-order valence-corrected chi connectivity index (χ1v) is 5.79. The molecular weight excluding hydrogens is 238 g/mol. The second kappa shape index (κ2) is 4.80. The maximum Gasteiger partial charge on any atom is 0.215 e. The van der Waals surface area contributed by atoms with Crippen LogP contribution in [0.1, 0.15) is 13.8 Å². The molecule has 2 aromatic rings. The fraction of sp³-hybridized carbons (Fsp3) is 0.308. The molecule has 0 aliphatic rings. The zero-order valence-corrected chi connectivity index (χ0v) is 10.8. The van der Waals surface area contributed by atoms with Gasteiger partial charge >= 0.3 is 0 Å². The number of rotatable bonds is 3. The average Bonchev–Trinajstić information content (AvgIpc) is 2.27. The number of aromatic nitrogens is 1. The van der Waals surface area contributed by atoms with Crippen LogP contribution in [0.2, 0.25) is 5.15 Å². The van der Waals surface area contributed by atoms with Gasteiger partial charge in [-0.1, -0.05) is 11.6 Å². The number of hydrogen-bond acceptors (Lipinski definition) is 3. The zero-order chi connectivity index (χ0) is 12.4. The molecule has 0 fully saturated rings. The number of ether oxygens (including phenoxy) is 2. The summed E-state index contributed by atoms with van der Waals surface area (Å²) in [5.74, 6) is 1.32. The van der Waals surface area contributed by atoms with Crippen LogP contribution in [0.3, 0.4) is 0 Å². The third-order valence-electron chi connectivity index (χ3n) is 2.32. The molecular formula is C13H14ClNO2. The third kappa shape index (κ3) is 2.61. The van der Waals surface area contributed by atoms with Crippen LogP contribution in [0.15, 0.2) is 24.3 Å². The molecule has 3 nitrogen and oxygen atoms in total. The molecule has 0 amide bonds. The Hall–Kier alpha value is -1.48. The van der Waals surface area contributed by atoms with Gasteiger partial charge in [0.15, 0.2) is 0 Å². The lowest BCUT2D eigenvalue weighted by molar-refractivity contribution is 0.233. The molecule has 0 saturated heterocycles. The summed E-state index contributed by atoms with van der Waals surface area (Å²) in [5, 5.41) is 2.30. The van der Waals surface area contributed by atoms with Crippen molar-refractivity contribution in [2.75, 3.05) is 7.11 Å². The quantitative estimate of drug-likeness (QED) is 0.780. The molecule has 0 spiro atoms. The van der Waals surface area contributed by atoms with E-state index >= 15 is 0 Å². The fourth-order valence-corrected chi connectivity index (χ4v) is 1.85. The lowest BCUT2D eigenvalue weighted by Gasteiger charge is -2.10. The van der Waals surface area contributed by atoms with Crippen molar-refractivity contribution in [1.29, 1.82) is 0 Å². The van der Waals surface area contributed by atoms with E-state index in [1.807, 2.05) is 38.1 Å². The monoisotopic (exact) mass is 251 g/mol. The summed E-state index contributed by atoms with van der Waals surface area (Å²) in [6, 6.07) is 7.53. The van der Waals surface area contributed by atoms with Gasteiger partial charge in [-0.15, -0.1) is 0 Å². The minimum atomic E-state index is 0.0709. The summed E-state index contributed by atoms with van der Waals surface area (Å²) < 4.78 is 10.7. The Morgan fingerprint density at radius 3 is 2.65 bits per heavy atom. The van der Waals surface area contributed by atoms with E-state index in [9.17, 15) is 0 Å². The van der Waals surface area contributed by atoms with Crippen molar-refractivity contribution in [2.45, 2.75) is 20.0 Å². The lowest BCUT2D eigenvalue weighted by atomic mass is 10.1. The van der Waals surface area contributed by atoms with Crippen LogP contribution in [0.5, 0.6) is 11.6 Å². The summed E-state index contributed by atoms with van der Waals surface area (Å²) in [6.07, 6.45) is 0.0709. The Morgan fingerprint density at radius 2 is 2.00 bits per heavy atom. The van der Waals surface area contributed by atoms with E-state index < -0.39 is 0 Å². The SMILES string of the molecule is COc1ccc2c(Cl)nc(OC(C)C)cc2c1. The number of benzene rings is 1. The van der Waals surface area contributed by atoms with Crippen molar-refractivity contribution in [2.24, 2.45) is 0 Å². The molecule has 17 heavy (non-hydrogen) atoms. The highest BCUT2D eigenvalue weighted by Crippen LogP contribution is 2.29. The van der Waals surface area contributed by atoms with E-state index in [2.05, 4.69) is 4.98 Å². The highest BCUT2D eigenvalue weighted by Gasteiger charge is 2.07. The molecule has 1 aromatic carbocycles. The van der Waals surface area contributed by atoms with E-state index in [1.54, 1.807) is 7.11 Å². The predicted molar refractivity (Wildman–Crippen MR) is 69.1 cm³/mol. The standard InChI is InChI=1S/C13H14ClNO2/c1-8(2)17-12-7-9-6-10(16-3)4-5-11(9)13(14)15-12/h4-8H,1-3H3. The van der Waals surface area contributed by atoms with Gasteiger partial charge in [-0.25, -0.2) is 4.98 Å². The molecule has 1 heterocycles. The number of pyridine rings is 1. The topological polar surface area (TPSA) is 31.4 Å². The molecule has 1 aromatic heterocycles. The zero-order valence-electron chi connectivity index (χ0n) is 10.0. The van der Waals surface area contributed by atoms with Crippen LogP contribution in [0.4, 0.5) is 0 Å². The van der Waals surface area contributed by atoms with Gasteiger partial charge in [0.05, 0.1) is 13.2 Å². The van der Waals surface area contributed by atoms with Crippen LogP contribution in [-0.2, 0) is 0 Å². The van der Waals surface area contributed by atoms with E-state index in [4.69, 9.17) is 21.1 Å². The molecule has 0 atom stereocenters. The Morgan fingerprint density at radius 1 is 1.24 bits per heavy atom. The molecule has 0 aliphatic heterocycles. The minimum Gasteiger partial charge on any atom is -0.497 e. The summed E-state index contributed by atoms with van der Waals surface area (Å²) >= 11 is 6.11. The molecule has 0 N–H and O–H groups in total. The molecule has 0 radical (unpaired) electrons. The largest absolute Gasteiger partial charge is 0.497 e. The van der Waals surface area contributed by atoms with Crippen LogP contribution in [0, 0.1) is 0 Å². The minimum absolute atomic E-state index is 0.0709. The van der Waals surface area contributed by atoms with Gasteiger partial charge < -0.3 is 9.47 Å². The van der Waals surface area contributed by atoms with Crippen molar-refractivity contribution in [3.63, 3.8) is 0 Å². The molecule has 0 saturated carbocycles. The third-order valence-corrected chi connectivity index (χ3v) is 2.61. The maximum atomic E-state index is 6.11. The molecule has 0 bridgehead atoms. The van der Waals surface area contributed by atoms with E-state index in [-0.39, 0.29) is 6.10 Å². The van der Waals surface area contributed by atoms with Gasteiger partial charge in [0.2, 0.25) is 5.88 Å². The van der Waals surface area contributed by atoms with Crippen LogP contribution in [-0.4, -0.2) is 18.2 Å². The number of fused-ring (bicyclic) bond motifs is 1. The Bertz CT molecular complexity index is 540. The van der Waals surface area contributed by atoms with Crippen LogP contribution in [0.25, 0.3) is 10.8 Å². The number of halogens is 1. The van der Waals surface area contributed by atoms with E-state index in [0.717, 1.165) is 16.5 Å². The average molecular weight is 252 g/mol. The molecule has 90 valence electrons. The number of hydrogen-bond donors (Lipinski definition) is 0. The Kier molecular flexibility index (Phi) is 3.38. The van der Waals surface area contributed by atoms with E-state index in [0.29, 0.717) is 11.0 Å². The summed E-state index contributed by atoms with van der Waals surface area (Å²) in [4.78, 5) is 4.20. The van der Waals surface area contributed by atoms with Crippen molar-refractivity contribution >= 4 is 22.4 Å². The fourth-order valence-electron chi connectivity index (χ4n) is 1.60. The summed E-state index contributed by atoms with van der Waals surface area (Å²) in [7, 11) is 1.63. The second-order valence-corrected chi connectivity index (χ2v) is 4.36. The lowest BCUT2D eigenvalue weighted by Crippen LogP contribution is -2.06. The number of nitrogens with zero attached hydrogens (tertiary/aromatic N) is 1. The van der Waals surface area contributed by atoms with E-state index in [1.165, 1.54) is 0 Å². The second-order valence-electron chi connectivity index (χ2n) is 4.00. The number of methoxy groups -OCH3 is 1. The highest BCUT2D eigenvalue weighted by molar-refractivity contribution is 6.34. The first-order chi connectivity index (χ1) is 8.10. The first-order valence-electron chi connectivity index (χ1n) is 5.41. The highest BCUT2D eigenvalue weighted by atomic mass is 35.5. The van der Waals surface area contributed by atoms with Gasteiger partial charge in [0.1, 0.15) is 10.9 Å². The molecule has 0 aliphatic carbocycles.